The lowest BCUT2D eigenvalue weighted by Crippen LogP contribution is -2.58. The van der Waals surface area contributed by atoms with Crippen LogP contribution in [0.25, 0.3) is 0 Å². The van der Waals surface area contributed by atoms with Crippen LogP contribution in [0, 0.1) is 0 Å². The van der Waals surface area contributed by atoms with Gasteiger partial charge in [-0.1, -0.05) is 32.1 Å². The third-order valence-electron chi connectivity index (χ3n) is 3.48. The van der Waals surface area contributed by atoms with Crippen LogP contribution < -0.4 is 10.2 Å². The van der Waals surface area contributed by atoms with Gasteiger partial charge in [0.1, 0.15) is 4.88 Å². The highest BCUT2D eigenvalue weighted by molar-refractivity contribution is 7.17. The van der Waals surface area contributed by atoms with Crippen molar-refractivity contribution in [2.45, 2.75) is 46.1 Å². The molecule has 6 heteroatoms. The molecule has 0 bridgehead atoms. The highest BCUT2D eigenvalue weighted by Gasteiger charge is 2.31. The van der Waals surface area contributed by atoms with E-state index in [0.29, 0.717) is 17.5 Å². The zero-order chi connectivity index (χ0) is 15.4. The molecule has 0 radical (unpaired) electrons. The van der Waals surface area contributed by atoms with Crippen LogP contribution in [0.5, 0.6) is 0 Å². The van der Waals surface area contributed by atoms with Gasteiger partial charge in [-0.2, -0.15) is 0 Å². The fourth-order valence-electron chi connectivity index (χ4n) is 2.30. The molecule has 0 atom stereocenters. The first-order chi connectivity index (χ1) is 10.1. The van der Waals surface area contributed by atoms with Crippen molar-refractivity contribution in [1.29, 1.82) is 0 Å². The molecule has 1 fully saturated rings. The van der Waals surface area contributed by atoms with Gasteiger partial charge in [0.15, 0.2) is 5.13 Å². The highest BCUT2D eigenvalue weighted by Crippen LogP contribution is 2.33. The number of hydrogen-bond donors (Lipinski definition) is 1. The van der Waals surface area contributed by atoms with E-state index in [-0.39, 0.29) is 11.9 Å². The molecule has 0 spiro atoms. The van der Waals surface area contributed by atoms with Gasteiger partial charge in [-0.3, -0.25) is 0 Å². The number of aromatic nitrogens is 1. The van der Waals surface area contributed by atoms with Gasteiger partial charge in [0, 0.05) is 19.1 Å². The molecule has 2 rings (SSSR count). The van der Waals surface area contributed by atoms with Gasteiger partial charge in [-0.05, 0) is 25.8 Å². The van der Waals surface area contributed by atoms with Crippen molar-refractivity contribution in [3.05, 3.63) is 10.6 Å². The largest absolute Gasteiger partial charge is 0.462 e. The number of nitrogens with zero attached hydrogens (tertiary/aromatic N) is 2. The van der Waals surface area contributed by atoms with Crippen LogP contribution in [0.4, 0.5) is 5.13 Å². The first-order valence-corrected chi connectivity index (χ1v) is 8.54. The average Bonchev–Trinajstić information content (AvgIpc) is 2.82. The summed E-state index contributed by atoms with van der Waals surface area (Å²) >= 11 is 1.46. The van der Waals surface area contributed by atoms with Crippen LogP contribution in [-0.4, -0.2) is 43.2 Å². The van der Waals surface area contributed by atoms with E-state index in [0.717, 1.165) is 36.9 Å². The van der Waals surface area contributed by atoms with Crippen LogP contribution in [0.15, 0.2) is 0 Å². The first-order valence-electron chi connectivity index (χ1n) is 7.72. The molecule has 0 saturated carbocycles. The summed E-state index contributed by atoms with van der Waals surface area (Å²) in [5, 5.41) is 4.44. The van der Waals surface area contributed by atoms with E-state index in [9.17, 15) is 4.79 Å². The quantitative estimate of drug-likeness (QED) is 0.785. The van der Waals surface area contributed by atoms with E-state index >= 15 is 0 Å². The van der Waals surface area contributed by atoms with Gasteiger partial charge in [-0.25, -0.2) is 9.78 Å². The summed E-state index contributed by atoms with van der Waals surface area (Å²) in [7, 11) is 0. The molecule has 1 aliphatic heterocycles. The molecule has 0 amide bonds. The maximum atomic E-state index is 12.0. The summed E-state index contributed by atoms with van der Waals surface area (Å²) < 4.78 is 5.14. The third kappa shape index (κ3) is 3.74. The van der Waals surface area contributed by atoms with E-state index < -0.39 is 0 Å². The summed E-state index contributed by atoms with van der Waals surface area (Å²) in [6.07, 6.45) is 1.15. The highest BCUT2D eigenvalue weighted by atomic mass is 32.1. The van der Waals surface area contributed by atoms with Crippen molar-refractivity contribution in [2.24, 2.45) is 0 Å². The van der Waals surface area contributed by atoms with E-state index in [4.69, 9.17) is 4.74 Å². The van der Waals surface area contributed by atoms with Crippen LogP contribution in [0.2, 0.25) is 0 Å². The van der Waals surface area contributed by atoms with Crippen molar-refractivity contribution in [1.82, 2.24) is 10.3 Å². The molecule has 21 heavy (non-hydrogen) atoms. The standard InChI is InChI=1S/C15H25N3O2S/c1-5-7-16-11-8-18(9-11)15-17-12(10(3)4)13(21-15)14(19)20-6-2/h10-11,16H,5-9H2,1-4H3. The molecule has 2 heterocycles. The number of nitrogens with one attached hydrogen (secondary N) is 1. The second-order valence-electron chi connectivity index (χ2n) is 5.64. The molecule has 1 N–H and O–H groups in total. The Balaban J connectivity index is 2.05. The lowest BCUT2D eigenvalue weighted by Gasteiger charge is -2.39. The number of anilines is 1. The topological polar surface area (TPSA) is 54.5 Å². The number of ether oxygens (including phenoxy) is 1. The van der Waals surface area contributed by atoms with Crippen LogP contribution in [-0.2, 0) is 4.74 Å². The minimum atomic E-state index is -0.244. The SMILES string of the molecule is CCCNC1CN(c2nc(C(C)C)c(C(=O)OCC)s2)C1. The van der Waals surface area contributed by atoms with Crippen LogP contribution >= 0.6 is 11.3 Å². The van der Waals surface area contributed by atoms with E-state index in [1.807, 2.05) is 6.92 Å². The predicted molar refractivity (Wildman–Crippen MR) is 86.5 cm³/mol. The minimum Gasteiger partial charge on any atom is -0.462 e. The number of esters is 1. The molecule has 0 aromatic carbocycles. The van der Waals surface area contributed by atoms with Crippen molar-refractivity contribution in [3.63, 3.8) is 0 Å². The Bertz CT molecular complexity index is 481. The zero-order valence-electron chi connectivity index (χ0n) is 13.3. The molecule has 0 unspecified atom stereocenters. The van der Waals surface area contributed by atoms with Gasteiger partial charge in [-0.15, -0.1) is 0 Å². The summed E-state index contributed by atoms with van der Waals surface area (Å²) in [5.41, 5.74) is 0.860. The van der Waals surface area contributed by atoms with Crippen molar-refractivity contribution < 1.29 is 9.53 Å². The predicted octanol–water partition coefficient (Wildman–Crippen LogP) is 2.63. The van der Waals surface area contributed by atoms with Gasteiger partial charge in [0.2, 0.25) is 0 Å². The normalized spacial score (nSPS) is 15.4. The van der Waals surface area contributed by atoms with E-state index in [2.05, 4.69) is 36.0 Å². The number of carbonyl (C=O) groups is 1. The Labute approximate surface area is 130 Å². The summed E-state index contributed by atoms with van der Waals surface area (Å²) in [6, 6.07) is 0.544. The van der Waals surface area contributed by atoms with Gasteiger partial charge in [0.05, 0.1) is 12.3 Å². The van der Waals surface area contributed by atoms with Crippen molar-refractivity contribution in [2.75, 3.05) is 31.1 Å². The Morgan fingerprint density at radius 2 is 2.19 bits per heavy atom. The minimum absolute atomic E-state index is 0.227. The Morgan fingerprint density at radius 1 is 1.48 bits per heavy atom. The Morgan fingerprint density at radius 3 is 2.76 bits per heavy atom. The second kappa shape index (κ2) is 7.22. The van der Waals surface area contributed by atoms with Crippen molar-refractivity contribution >= 4 is 22.4 Å². The molecule has 5 nitrogen and oxygen atoms in total. The van der Waals surface area contributed by atoms with Crippen molar-refractivity contribution in [3.8, 4) is 0 Å². The molecule has 118 valence electrons. The third-order valence-corrected chi connectivity index (χ3v) is 4.60. The van der Waals surface area contributed by atoms with Crippen LogP contribution in [0.1, 0.15) is 55.4 Å². The number of rotatable bonds is 7. The monoisotopic (exact) mass is 311 g/mol. The number of hydrogen-bond acceptors (Lipinski definition) is 6. The molecule has 0 aliphatic carbocycles. The number of thiazole rings is 1. The maximum absolute atomic E-state index is 12.0. The van der Waals surface area contributed by atoms with Gasteiger partial charge < -0.3 is 15.0 Å². The molecular weight excluding hydrogens is 286 g/mol. The van der Waals surface area contributed by atoms with Gasteiger partial charge >= 0.3 is 5.97 Å². The summed E-state index contributed by atoms with van der Waals surface area (Å²) in [6.45, 7) is 11.5. The zero-order valence-corrected chi connectivity index (χ0v) is 14.1. The second-order valence-corrected chi connectivity index (χ2v) is 6.62. The lowest BCUT2D eigenvalue weighted by molar-refractivity contribution is 0.0530. The Hall–Kier alpha value is -1.14. The fourth-order valence-corrected chi connectivity index (χ4v) is 3.43. The average molecular weight is 311 g/mol. The smallest absolute Gasteiger partial charge is 0.350 e. The summed E-state index contributed by atoms with van der Waals surface area (Å²) in [5.74, 6) is -0.0178. The summed E-state index contributed by atoms with van der Waals surface area (Å²) in [4.78, 5) is 19.6. The first kappa shape index (κ1) is 16.2. The van der Waals surface area contributed by atoms with Crippen LogP contribution in [0.3, 0.4) is 0 Å². The lowest BCUT2D eigenvalue weighted by atomic mass is 10.1. The molecule has 1 aromatic heterocycles. The van der Waals surface area contributed by atoms with Gasteiger partial charge in [0.25, 0.3) is 0 Å². The number of carbonyl (C=O) groups excluding carboxylic acids is 1. The van der Waals surface area contributed by atoms with E-state index in [1.165, 1.54) is 11.3 Å². The fraction of sp³-hybridized carbons (Fsp3) is 0.733. The molecular formula is C15H25N3O2S. The maximum Gasteiger partial charge on any atom is 0.350 e. The molecule has 1 saturated heterocycles. The Kier molecular flexibility index (Phi) is 5.58. The van der Waals surface area contributed by atoms with E-state index in [1.54, 1.807) is 0 Å². The molecule has 1 aliphatic rings. The molecule has 1 aromatic rings.